The molecule has 3 atom stereocenters. The average Bonchev–Trinajstić information content (AvgIpc) is 2.42. The summed E-state index contributed by atoms with van der Waals surface area (Å²) in [5.74, 6) is -1.80. The Kier molecular flexibility index (Phi) is 5.99. The molecule has 7 nitrogen and oxygen atoms in total. The van der Waals surface area contributed by atoms with Gasteiger partial charge in [0.1, 0.15) is 6.04 Å². The first-order valence-corrected chi connectivity index (χ1v) is 7.15. The van der Waals surface area contributed by atoms with Gasteiger partial charge in [0.2, 0.25) is 0 Å². The van der Waals surface area contributed by atoms with Gasteiger partial charge in [0.25, 0.3) is 0 Å². The predicted octanol–water partition coefficient (Wildman–Crippen LogP) is 1.08. The molecule has 1 saturated heterocycles. The van der Waals surface area contributed by atoms with Crippen LogP contribution in [-0.2, 0) is 14.3 Å². The number of carboxylic acid groups (broad SMARTS) is 1. The fraction of sp³-hybridized carbons (Fsp3) is 0.786. The number of ether oxygens (including phenoxy) is 1. The number of piperidine rings is 1. The maximum absolute atomic E-state index is 12.3. The smallest absolute Gasteiger partial charge is 0.328 e. The number of likely N-dealkylation sites (tertiary alicyclic amines) is 1. The summed E-state index contributed by atoms with van der Waals surface area (Å²) >= 11 is 0. The molecule has 0 aliphatic carbocycles. The average molecular weight is 300 g/mol. The van der Waals surface area contributed by atoms with Gasteiger partial charge in [-0.25, -0.2) is 9.59 Å². The number of aliphatic carboxylic acids is 1. The molecule has 2 amide bonds. The van der Waals surface area contributed by atoms with Gasteiger partial charge in [0.15, 0.2) is 0 Å². The number of rotatable bonds is 4. The number of esters is 1. The monoisotopic (exact) mass is 300 g/mol. The minimum Gasteiger partial charge on any atom is -0.481 e. The Bertz CT molecular complexity index is 410. The number of carbonyl (C=O) groups excluding carboxylic acids is 2. The van der Waals surface area contributed by atoms with Gasteiger partial charge in [-0.1, -0.05) is 13.8 Å². The Hall–Kier alpha value is -1.79. The summed E-state index contributed by atoms with van der Waals surface area (Å²) in [6.45, 7) is 5.83. The zero-order chi connectivity index (χ0) is 16.2. The zero-order valence-electron chi connectivity index (χ0n) is 13.0. The lowest BCUT2D eigenvalue weighted by Gasteiger charge is -2.37. The van der Waals surface area contributed by atoms with Gasteiger partial charge >= 0.3 is 18.0 Å². The molecule has 0 saturated carbocycles. The maximum atomic E-state index is 12.3. The van der Waals surface area contributed by atoms with Crippen molar-refractivity contribution in [3.8, 4) is 0 Å². The van der Waals surface area contributed by atoms with E-state index in [4.69, 9.17) is 5.11 Å². The largest absolute Gasteiger partial charge is 0.481 e. The Morgan fingerprint density at radius 2 is 1.95 bits per heavy atom. The number of carbonyl (C=O) groups is 3. The third kappa shape index (κ3) is 4.34. The molecule has 1 aliphatic rings. The molecular weight excluding hydrogens is 276 g/mol. The van der Waals surface area contributed by atoms with E-state index >= 15 is 0 Å². The minimum absolute atomic E-state index is 0.0896. The van der Waals surface area contributed by atoms with Crippen molar-refractivity contribution < 1.29 is 24.2 Å². The Balaban J connectivity index is 2.67. The third-order valence-corrected chi connectivity index (χ3v) is 3.89. The molecule has 0 spiro atoms. The van der Waals surface area contributed by atoms with Crippen molar-refractivity contribution in [1.82, 2.24) is 10.2 Å². The van der Waals surface area contributed by atoms with E-state index in [2.05, 4.69) is 10.1 Å². The summed E-state index contributed by atoms with van der Waals surface area (Å²) in [5.41, 5.74) is 0. The standard InChI is InChI=1S/C14H24N2O5/c1-8(2)11(13(19)21-4)15-14(20)16-6-5-10(12(17)18)7-9(16)3/h8-11H,5-7H2,1-4H3,(H,15,20)(H,17,18). The maximum Gasteiger partial charge on any atom is 0.328 e. The molecule has 7 heteroatoms. The molecule has 0 aromatic heterocycles. The topological polar surface area (TPSA) is 95.9 Å². The number of hydrogen-bond donors (Lipinski definition) is 2. The van der Waals surface area contributed by atoms with Crippen molar-refractivity contribution in [1.29, 1.82) is 0 Å². The minimum atomic E-state index is -0.823. The molecule has 1 fully saturated rings. The second-order valence-electron chi connectivity index (χ2n) is 5.80. The van der Waals surface area contributed by atoms with E-state index in [1.165, 1.54) is 7.11 Å². The molecule has 1 rings (SSSR count). The lowest BCUT2D eigenvalue weighted by Crippen LogP contribution is -2.55. The van der Waals surface area contributed by atoms with Crippen molar-refractivity contribution >= 4 is 18.0 Å². The van der Waals surface area contributed by atoms with E-state index in [0.29, 0.717) is 19.4 Å². The summed E-state index contributed by atoms with van der Waals surface area (Å²) < 4.78 is 4.69. The van der Waals surface area contributed by atoms with E-state index in [9.17, 15) is 14.4 Å². The van der Waals surface area contributed by atoms with Crippen molar-refractivity contribution in [2.24, 2.45) is 11.8 Å². The van der Waals surface area contributed by atoms with Gasteiger partial charge in [0.05, 0.1) is 13.0 Å². The summed E-state index contributed by atoms with van der Waals surface area (Å²) in [6, 6.07) is -1.23. The van der Waals surface area contributed by atoms with E-state index in [1.807, 2.05) is 20.8 Å². The van der Waals surface area contributed by atoms with Crippen LogP contribution in [0.2, 0.25) is 0 Å². The van der Waals surface area contributed by atoms with Crippen molar-refractivity contribution in [3.63, 3.8) is 0 Å². The van der Waals surface area contributed by atoms with Crippen LogP contribution in [0.25, 0.3) is 0 Å². The molecular formula is C14H24N2O5. The highest BCUT2D eigenvalue weighted by molar-refractivity contribution is 5.84. The van der Waals surface area contributed by atoms with Gasteiger partial charge in [-0.3, -0.25) is 4.79 Å². The number of urea groups is 1. The van der Waals surface area contributed by atoms with Crippen LogP contribution in [0.4, 0.5) is 4.79 Å². The van der Waals surface area contributed by atoms with Crippen LogP contribution in [0.1, 0.15) is 33.6 Å². The number of amides is 2. The van der Waals surface area contributed by atoms with Crippen LogP contribution in [0.5, 0.6) is 0 Å². The second-order valence-corrected chi connectivity index (χ2v) is 5.80. The quantitative estimate of drug-likeness (QED) is 0.757. The van der Waals surface area contributed by atoms with Crippen molar-refractivity contribution in [2.75, 3.05) is 13.7 Å². The van der Waals surface area contributed by atoms with Crippen molar-refractivity contribution in [2.45, 2.75) is 45.7 Å². The lowest BCUT2D eigenvalue weighted by atomic mass is 9.92. The molecule has 120 valence electrons. The van der Waals surface area contributed by atoms with E-state index < -0.39 is 23.9 Å². The fourth-order valence-corrected chi connectivity index (χ4v) is 2.54. The molecule has 21 heavy (non-hydrogen) atoms. The van der Waals surface area contributed by atoms with Gasteiger partial charge in [0, 0.05) is 12.6 Å². The number of carboxylic acids is 1. The van der Waals surface area contributed by atoms with Crippen LogP contribution in [0.15, 0.2) is 0 Å². The van der Waals surface area contributed by atoms with E-state index in [-0.39, 0.29) is 18.0 Å². The highest BCUT2D eigenvalue weighted by atomic mass is 16.5. The number of nitrogens with zero attached hydrogens (tertiary/aromatic N) is 1. The Labute approximate surface area is 124 Å². The van der Waals surface area contributed by atoms with Gasteiger partial charge < -0.3 is 20.1 Å². The first-order valence-electron chi connectivity index (χ1n) is 7.15. The highest BCUT2D eigenvalue weighted by Crippen LogP contribution is 2.23. The first-order chi connectivity index (χ1) is 9.77. The highest BCUT2D eigenvalue weighted by Gasteiger charge is 2.34. The van der Waals surface area contributed by atoms with Crippen molar-refractivity contribution in [3.05, 3.63) is 0 Å². The molecule has 0 aromatic rings. The normalized spacial score (nSPS) is 23.6. The summed E-state index contributed by atoms with van der Waals surface area (Å²) in [6.07, 6.45) is 0.852. The summed E-state index contributed by atoms with van der Waals surface area (Å²) in [7, 11) is 1.28. The SMILES string of the molecule is COC(=O)C(NC(=O)N1CCC(C(=O)O)CC1C)C(C)C. The predicted molar refractivity (Wildman–Crippen MR) is 75.7 cm³/mol. The van der Waals surface area contributed by atoms with Crippen LogP contribution in [0, 0.1) is 11.8 Å². The van der Waals surface area contributed by atoms with E-state index in [1.54, 1.807) is 4.90 Å². The van der Waals surface area contributed by atoms with Gasteiger partial charge in [-0.05, 0) is 25.7 Å². The molecule has 0 aromatic carbocycles. The molecule has 0 bridgehead atoms. The van der Waals surface area contributed by atoms with Crippen LogP contribution >= 0.6 is 0 Å². The second kappa shape index (κ2) is 7.28. The molecule has 1 aliphatic heterocycles. The molecule has 0 radical (unpaired) electrons. The fourth-order valence-electron chi connectivity index (χ4n) is 2.54. The van der Waals surface area contributed by atoms with E-state index in [0.717, 1.165) is 0 Å². The van der Waals surface area contributed by atoms with Crippen LogP contribution < -0.4 is 5.32 Å². The van der Waals surface area contributed by atoms with Gasteiger partial charge in [-0.15, -0.1) is 0 Å². The third-order valence-electron chi connectivity index (χ3n) is 3.89. The lowest BCUT2D eigenvalue weighted by molar-refractivity contribution is -0.144. The molecule has 1 heterocycles. The van der Waals surface area contributed by atoms with Gasteiger partial charge in [-0.2, -0.15) is 0 Å². The van der Waals surface area contributed by atoms with Crippen LogP contribution in [0.3, 0.4) is 0 Å². The number of hydrogen-bond acceptors (Lipinski definition) is 4. The molecule has 3 unspecified atom stereocenters. The first kappa shape index (κ1) is 17.3. The van der Waals surface area contributed by atoms with Crippen LogP contribution in [-0.4, -0.2) is 53.7 Å². The zero-order valence-corrected chi connectivity index (χ0v) is 13.0. The molecule has 2 N–H and O–H groups in total. The Morgan fingerprint density at radius 3 is 2.38 bits per heavy atom. The number of methoxy groups -OCH3 is 1. The summed E-state index contributed by atoms with van der Waals surface area (Å²) in [4.78, 5) is 36.5. The summed E-state index contributed by atoms with van der Waals surface area (Å²) in [5, 5.41) is 11.7. The Morgan fingerprint density at radius 1 is 1.33 bits per heavy atom. The number of nitrogens with one attached hydrogen (secondary N) is 1.